The quantitative estimate of drug-likeness (QED) is 0.209. The normalized spacial score (nSPS) is 14.1. The summed E-state index contributed by atoms with van der Waals surface area (Å²) in [6, 6.07) is 26.5. The first kappa shape index (κ1) is 19.3. The molecule has 31 heavy (non-hydrogen) atoms. The van der Waals surface area contributed by atoms with Gasteiger partial charge in [0.15, 0.2) is 0 Å². The largest absolute Gasteiger partial charge is 0.422 e. The van der Waals surface area contributed by atoms with Crippen LogP contribution < -0.4 is 4.74 Å². The van der Waals surface area contributed by atoms with Crippen LogP contribution in [-0.2, 0) is 0 Å². The van der Waals surface area contributed by atoms with E-state index in [-0.39, 0.29) is 5.78 Å². The molecule has 1 aliphatic heterocycles. The van der Waals surface area contributed by atoms with Crippen molar-refractivity contribution >= 4 is 40.4 Å². The lowest BCUT2D eigenvalue weighted by atomic mass is 10.0. The number of ketones is 1. The number of benzene rings is 4. The molecule has 0 amide bonds. The van der Waals surface area contributed by atoms with E-state index < -0.39 is 5.97 Å². The van der Waals surface area contributed by atoms with Crippen LogP contribution in [0.1, 0.15) is 31.8 Å². The number of thioether (sulfide) groups is 1. The molecule has 150 valence electrons. The topological polar surface area (TPSA) is 43.4 Å². The first-order valence-electron chi connectivity index (χ1n) is 9.94. The van der Waals surface area contributed by atoms with Gasteiger partial charge >= 0.3 is 5.97 Å². The molecule has 1 aliphatic rings. The van der Waals surface area contributed by atoms with E-state index in [1.807, 2.05) is 85.8 Å². The van der Waals surface area contributed by atoms with Crippen LogP contribution in [0.15, 0.2) is 94.7 Å². The van der Waals surface area contributed by atoms with E-state index in [2.05, 4.69) is 0 Å². The van der Waals surface area contributed by atoms with Crippen LogP contribution in [0.4, 0.5) is 0 Å². The van der Waals surface area contributed by atoms with Crippen molar-refractivity contribution in [2.24, 2.45) is 0 Å². The van der Waals surface area contributed by atoms with E-state index >= 15 is 0 Å². The van der Waals surface area contributed by atoms with Crippen LogP contribution in [0, 0.1) is 6.92 Å². The highest BCUT2D eigenvalue weighted by Gasteiger charge is 2.25. The molecule has 0 saturated carbocycles. The third-order valence-corrected chi connectivity index (χ3v) is 6.34. The summed E-state index contributed by atoms with van der Waals surface area (Å²) in [7, 11) is 0. The zero-order valence-electron chi connectivity index (χ0n) is 16.8. The summed E-state index contributed by atoms with van der Waals surface area (Å²) in [6.45, 7) is 1.97. The second-order valence-electron chi connectivity index (χ2n) is 7.39. The van der Waals surface area contributed by atoms with E-state index in [4.69, 9.17) is 4.74 Å². The van der Waals surface area contributed by atoms with Crippen molar-refractivity contribution in [2.45, 2.75) is 11.8 Å². The fourth-order valence-electron chi connectivity index (χ4n) is 3.71. The Morgan fingerprint density at radius 1 is 0.903 bits per heavy atom. The number of esters is 1. The van der Waals surface area contributed by atoms with Crippen LogP contribution in [0.2, 0.25) is 0 Å². The van der Waals surface area contributed by atoms with Crippen molar-refractivity contribution in [3.8, 4) is 5.75 Å². The number of ether oxygens (including phenoxy) is 1. The minimum atomic E-state index is -0.422. The summed E-state index contributed by atoms with van der Waals surface area (Å²) in [5.74, 6) is 0.00261. The van der Waals surface area contributed by atoms with E-state index in [1.54, 1.807) is 12.1 Å². The van der Waals surface area contributed by atoms with Crippen LogP contribution in [0.25, 0.3) is 16.8 Å². The maximum absolute atomic E-state index is 13.0. The Balaban J connectivity index is 1.50. The number of carbonyl (C=O) groups excluding carboxylic acids is 2. The highest BCUT2D eigenvalue weighted by Crippen LogP contribution is 2.41. The summed E-state index contributed by atoms with van der Waals surface area (Å²) < 4.78 is 5.81. The number of aryl methyl sites for hydroxylation is 1. The van der Waals surface area contributed by atoms with Crippen molar-refractivity contribution in [2.75, 3.05) is 0 Å². The summed E-state index contributed by atoms with van der Waals surface area (Å²) >= 11 is 1.44. The minimum Gasteiger partial charge on any atom is -0.422 e. The van der Waals surface area contributed by atoms with Crippen molar-refractivity contribution in [3.63, 3.8) is 0 Å². The lowest BCUT2D eigenvalue weighted by molar-refractivity contribution is 0.0736. The number of allylic oxidation sites excluding steroid dienone is 1. The van der Waals surface area contributed by atoms with E-state index in [1.165, 1.54) is 11.8 Å². The summed E-state index contributed by atoms with van der Waals surface area (Å²) in [5.41, 5.74) is 2.94. The maximum atomic E-state index is 13.0. The van der Waals surface area contributed by atoms with Crippen molar-refractivity contribution in [1.82, 2.24) is 0 Å². The van der Waals surface area contributed by atoms with Gasteiger partial charge in [0, 0.05) is 16.0 Å². The van der Waals surface area contributed by atoms with E-state index in [9.17, 15) is 9.59 Å². The summed E-state index contributed by atoms with van der Waals surface area (Å²) in [5, 5.41) is 1.83. The average molecular weight is 423 g/mol. The van der Waals surface area contributed by atoms with Crippen LogP contribution in [0.3, 0.4) is 0 Å². The Morgan fingerprint density at radius 2 is 1.68 bits per heavy atom. The minimum absolute atomic E-state index is 0.00608. The fraction of sp³-hybridized carbons (Fsp3) is 0.0370. The van der Waals surface area contributed by atoms with Crippen LogP contribution >= 0.6 is 11.8 Å². The van der Waals surface area contributed by atoms with Gasteiger partial charge in [0.1, 0.15) is 5.75 Å². The molecule has 0 bridgehead atoms. The third kappa shape index (κ3) is 3.66. The molecule has 0 radical (unpaired) electrons. The van der Waals surface area contributed by atoms with Gasteiger partial charge in [-0.15, -0.1) is 0 Å². The number of hydrogen-bond donors (Lipinski definition) is 0. The molecule has 3 nitrogen and oxygen atoms in total. The first-order valence-corrected chi connectivity index (χ1v) is 10.8. The Bertz CT molecular complexity index is 1380. The van der Waals surface area contributed by atoms with Crippen molar-refractivity contribution in [3.05, 3.63) is 112 Å². The number of rotatable bonds is 3. The molecule has 0 fully saturated rings. The highest BCUT2D eigenvalue weighted by atomic mass is 32.2. The zero-order valence-corrected chi connectivity index (χ0v) is 17.6. The van der Waals surface area contributed by atoms with Gasteiger partial charge in [0.25, 0.3) is 0 Å². The van der Waals surface area contributed by atoms with Crippen LogP contribution in [-0.4, -0.2) is 11.8 Å². The molecule has 0 saturated heterocycles. The first-order chi connectivity index (χ1) is 15.1. The van der Waals surface area contributed by atoms with Gasteiger partial charge in [-0.2, -0.15) is 0 Å². The number of carbonyl (C=O) groups is 2. The standard InChI is InChI=1S/C27H18O3S/c1-17-13-14-23(30-27(29)21-11-6-8-18-7-2-3-9-20(18)21)19(15-17)16-25-26(28)22-10-4-5-12-24(22)31-25/h2-16H,1H3. The second-order valence-corrected chi connectivity index (χ2v) is 8.48. The van der Waals surface area contributed by atoms with Crippen LogP contribution in [0.5, 0.6) is 5.75 Å². The Hall–Kier alpha value is -3.63. The smallest absolute Gasteiger partial charge is 0.344 e. The van der Waals surface area contributed by atoms with Gasteiger partial charge in [-0.05, 0) is 54.1 Å². The van der Waals surface area contributed by atoms with Gasteiger partial charge < -0.3 is 4.74 Å². The molecule has 5 rings (SSSR count). The molecule has 0 spiro atoms. The summed E-state index contributed by atoms with van der Waals surface area (Å²) in [6.07, 6.45) is 1.81. The lowest BCUT2D eigenvalue weighted by Gasteiger charge is -2.11. The number of hydrogen-bond acceptors (Lipinski definition) is 4. The molecule has 0 N–H and O–H groups in total. The SMILES string of the molecule is Cc1ccc(OC(=O)c2cccc3ccccc23)c(C=C2Sc3ccccc3C2=O)c1. The lowest BCUT2D eigenvalue weighted by Crippen LogP contribution is -2.10. The molecule has 0 atom stereocenters. The Morgan fingerprint density at radius 3 is 2.55 bits per heavy atom. The monoisotopic (exact) mass is 422 g/mol. The predicted octanol–water partition coefficient (Wildman–Crippen LogP) is 6.70. The predicted molar refractivity (Wildman–Crippen MR) is 125 cm³/mol. The zero-order chi connectivity index (χ0) is 21.4. The molecule has 4 aromatic carbocycles. The molecule has 4 aromatic rings. The second kappa shape index (κ2) is 7.89. The van der Waals surface area contributed by atoms with E-state index in [0.717, 1.165) is 21.2 Å². The molecular weight excluding hydrogens is 404 g/mol. The van der Waals surface area contributed by atoms with Gasteiger partial charge in [0.2, 0.25) is 5.78 Å². The average Bonchev–Trinajstić information content (AvgIpc) is 3.10. The van der Waals surface area contributed by atoms with Gasteiger partial charge in [0.05, 0.1) is 10.5 Å². The summed E-state index contributed by atoms with van der Waals surface area (Å²) in [4.78, 5) is 27.4. The molecule has 0 aromatic heterocycles. The van der Waals surface area contributed by atoms with E-state index in [0.29, 0.717) is 27.3 Å². The Kier molecular flexibility index (Phi) is 4.92. The van der Waals surface area contributed by atoms with Gasteiger partial charge in [-0.3, -0.25) is 4.79 Å². The fourth-order valence-corrected chi connectivity index (χ4v) is 4.75. The highest BCUT2D eigenvalue weighted by molar-refractivity contribution is 8.04. The molecular formula is C27H18O3S. The van der Waals surface area contributed by atoms with Gasteiger partial charge in [-0.1, -0.05) is 71.9 Å². The number of fused-ring (bicyclic) bond motifs is 2. The third-order valence-electron chi connectivity index (χ3n) is 5.24. The maximum Gasteiger partial charge on any atom is 0.344 e. The molecule has 4 heteroatoms. The molecule has 0 aliphatic carbocycles. The van der Waals surface area contributed by atoms with Gasteiger partial charge in [-0.25, -0.2) is 4.79 Å². The van der Waals surface area contributed by atoms with Crippen molar-refractivity contribution in [1.29, 1.82) is 0 Å². The molecule has 1 heterocycles. The van der Waals surface area contributed by atoms with Crippen molar-refractivity contribution < 1.29 is 14.3 Å². The Labute approximate surface area is 184 Å². The molecule has 0 unspecified atom stereocenters. The number of Topliss-reactive ketones (excluding diaryl/α,β-unsaturated/α-hetero) is 1.